The van der Waals surface area contributed by atoms with Gasteiger partial charge in [0.05, 0.1) is 17.8 Å². The van der Waals surface area contributed by atoms with E-state index < -0.39 is 5.91 Å². The Kier molecular flexibility index (Phi) is 8.33. The van der Waals surface area contributed by atoms with Crippen LogP contribution in [0.4, 0.5) is 5.69 Å². The molecule has 1 aliphatic rings. The van der Waals surface area contributed by atoms with Crippen LogP contribution in [0.1, 0.15) is 34.7 Å². The molecule has 154 valence electrons. The van der Waals surface area contributed by atoms with E-state index in [0.717, 1.165) is 31.6 Å². The van der Waals surface area contributed by atoms with Crippen molar-refractivity contribution in [2.75, 3.05) is 25.0 Å². The van der Waals surface area contributed by atoms with E-state index in [1.165, 1.54) is 0 Å². The van der Waals surface area contributed by atoms with E-state index in [0.29, 0.717) is 23.8 Å². The maximum atomic E-state index is 11.1. The maximum absolute atomic E-state index is 11.1. The molecule has 2 aromatic rings. The van der Waals surface area contributed by atoms with Crippen molar-refractivity contribution in [3.63, 3.8) is 0 Å². The molecule has 8 nitrogen and oxygen atoms in total. The van der Waals surface area contributed by atoms with Gasteiger partial charge in [0.2, 0.25) is 0 Å². The SMILES string of the molecule is CN=C(NCc1ccc(C(N)=O)o1)NC1CCCN(c2ccccc2C#N)C1.I. The first-order chi connectivity index (χ1) is 13.6. The number of hydrogen-bond donors (Lipinski definition) is 3. The van der Waals surface area contributed by atoms with E-state index in [2.05, 4.69) is 26.6 Å². The van der Waals surface area contributed by atoms with Crippen LogP contribution < -0.4 is 21.3 Å². The van der Waals surface area contributed by atoms with Crippen LogP contribution in [0.5, 0.6) is 0 Å². The normalized spacial score (nSPS) is 16.5. The van der Waals surface area contributed by atoms with Crippen LogP contribution in [-0.2, 0) is 6.54 Å². The summed E-state index contributed by atoms with van der Waals surface area (Å²) in [6.07, 6.45) is 2.03. The highest BCUT2D eigenvalue weighted by Gasteiger charge is 2.22. The van der Waals surface area contributed by atoms with E-state index >= 15 is 0 Å². The number of piperidine rings is 1. The first-order valence-corrected chi connectivity index (χ1v) is 9.20. The number of hydrogen-bond acceptors (Lipinski definition) is 5. The summed E-state index contributed by atoms with van der Waals surface area (Å²) in [5.41, 5.74) is 6.86. The van der Waals surface area contributed by atoms with Gasteiger partial charge in [-0.3, -0.25) is 9.79 Å². The Labute approximate surface area is 187 Å². The fourth-order valence-electron chi connectivity index (χ4n) is 3.32. The lowest BCUT2D eigenvalue weighted by atomic mass is 10.0. The number of carbonyl (C=O) groups excluding carboxylic acids is 1. The second kappa shape index (κ2) is 10.7. The smallest absolute Gasteiger partial charge is 0.284 e. The topological polar surface area (TPSA) is 120 Å². The van der Waals surface area contributed by atoms with Gasteiger partial charge in [-0.2, -0.15) is 5.26 Å². The van der Waals surface area contributed by atoms with Crippen LogP contribution in [0.15, 0.2) is 45.8 Å². The van der Waals surface area contributed by atoms with Gasteiger partial charge in [0.25, 0.3) is 5.91 Å². The Morgan fingerprint density at radius 2 is 2.17 bits per heavy atom. The van der Waals surface area contributed by atoms with Crippen molar-refractivity contribution in [3.05, 3.63) is 53.5 Å². The second-order valence-electron chi connectivity index (χ2n) is 6.61. The van der Waals surface area contributed by atoms with Gasteiger partial charge in [0.15, 0.2) is 11.7 Å². The Bertz CT molecular complexity index is 904. The molecule has 1 aromatic heterocycles. The molecule has 4 N–H and O–H groups in total. The highest BCUT2D eigenvalue weighted by Crippen LogP contribution is 2.23. The monoisotopic (exact) mass is 508 g/mol. The number of aliphatic imine (C=N–C) groups is 1. The van der Waals surface area contributed by atoms with E-state index in [1.807, 2.05) is 24.3 Å². The molecule has 0 spiro atoms. The van der Waals surface area contributed by atoms with Crippen LogP contribution in [0.25, 0.3) is 0 Å². The molecule has 1 fully saturated rings. The average Bonchev–Trinajstić information content (AvgIpc) is 3.20. The van der Waals surface area contributed by atoms with Gasteiger partial charge in [-0.15, -0.1) is 24.0 Å². The van der Waals surface area contributed by atoms with E-state index in [4.69, 9.17) is 10.2 Å². The average molecular weight is 508 g/mol. The third kappa shape index (κ3) is 5.87. The molecule has 0 bridgehead atoms. The summed E-state index contributed by atoms with van der Waals surface area (Å²) >= 11 is 0. The number of nitrogens with zero attached hydrogens (tertiary/aromatic N) is 3. The Morgan fingerprint density at radius 1 is 1.38 bits per heavy atom. The summed E-state index contributed by atoms with van der Waals surface area (Å²) in [6.45, 7) is 2.10. The van der Waals surface area contributed by atoms with Gasteiger partial charge in [0, 0.05) is 26.2 Å². The Balaban J connectivity index is 0.00000300. The third-order valence-corrected chi connectivity index (χ3v) is 4.69. The minimum Gasteiger partial charge on any atom is -0.454 e. The van der Waals surface area contributed by atoms with Gasteiger partial charge in [-0.1, -0.05) is 12.1 Å². The first-order valence-electron chi connectivity index (χ1n) is 9.20. The molecule has 2 heterocycles. The highest BCUT2D eigenvalue weighted by molar-refractivity contribution is 14.0. The second-order valence-corrected chi connectivity index (χ2v) is 6.61. The van der Waals surface area contributed by atoms with Crippen molar-refractivity contribution in [3.8, 4) is 6.07 Å². The molecule has 0 saturated carbocycles. The summed E-state index contributed by atoms with van der Waals surface area (Å²) < 4.78 is 5.37. The number of furan rings is 1. The molecular weight excluding hydrogens is 483 g/mol. The standard InChI is InChI=1S/C20H24N6O2.HI/c1-23-20(24-12-16-8-9-18(28-16)19(22)27)25-15-6-4-10-26(13-15)17-7-3-2-5-14(17)11-21;/h2-3,5,7-9,15H,4,6,10,12-13H2,1H3,(H2,22,27)(H2,23,24,25);1H. The van der Waals surface area contributed by atoms with E-state index in [1.54, 1.807) is 19.2 Å². The number of carbonyl (C=O) groups is 1. The summed E-state index contributed by atoms with van der Waals surface area (Å²) in [5, 5.41) is 16.0. The summed E-state index contributed by atoms with van der Waals surface area (Å²) in [7, 11) is 1.71. The predicted molar refractivity (Wildman–Crippen MR) is 122 cm³/mol. The Hall–Kier alpha value is -2.74. The molecule has 0 aliphatic carbocycles. The maximum Gasteiger partial charge on any atom is 0.284 e. The lowest BCUT2D eigenvalue weighted by Gasteiger charge is -2.35. The van der Waals surface area contributed by atoms with Crippen LogP contribution >= 0.6 is 24.0 Å². The zero-order valence-corrected chi connectivity index (χ0v) is 18.6. The molecule has 0 radical (unpaired) electrons. The van der Waals surface area contributed by atoms with Crippen molar-refractivity contribution in [2.24, 2.45) is 10.7 Å². The van der Waals surface area contributed by atoms with Crippen LogP contribution in [-0.4, -0.2) is 38.0 Å². The molecule has 1 unspecified atom stereocenters. The fraction of sp³-hybridized carbons (Fsp3) is 0.350. The summed E-state index contributed by atoms with van der Waals surface area (Å²) in [6, 6.07) is 13.4. The lowest BCUT2D eigenvalue weighted by molar-refractivity contribution is 0.0972. The van der Waals surface area contributed by atoms with Gasteiger partial charge >= 0.3 is 0 Å². The summed E-state index contributed by atoms with van der Waals surface area (Å²) in [4.78, 5) is 17.6. The number of rotatable bonds is 5. The number of benzene rings is 1. The Morgan fingerprint density at radius 3 is 2.86 bits per heavy atom. The van der Waals surface area contributed by atoms with Gasteiger partial charge in [0.1, 0.15) is 11.8 Å². The van der Waals surface area contributed by atoms with Crippen molar-refractivity contribution < 1.29 is 9.21 Å². The zero-order chi connectivity index (χ0) is 19.9. The molecular formula is C20H25IN6O2. The van der Waals surface area contributed by atoms with E-state index in [-0.39, 0.29) is 35.8 Å². The largest absolute Gasteiger partial charge is 0.454 e. The number of para-hydroxylation sites is 1. The number of nitriles is 1. The molecule has 3 rings (SSSR count). The van der Waals surface area contributed by atoms with Crippen LogP contribution in [0.3, 0.4) is 0 Å². The number of anilines is 1. The third-order valence-electron chi connectivity index (χ3n) is 4.69. The van der Waals surface area contributed by atoms with Crippen molar-refractivity contribution >= 4 is 41.5 Å². The fourth-order valence-corrected chi connectivity index (χ4v) is 3.32. The molecule has 1 amide bonds. The molecule has 9 heteroatoms. The molecule has 1 atom stereocenters. The highest BCUT2D eigenvalue weighted by atomic mass is 127. The molecule has 1 aliphatic heterocycles. The first kappa shape index (κ1) is 22.5. The number of guanidine groups is 1. The molecule has 29 heavy (non-hydrogen) atoms. The number of amides is 1. The zero-order valence-electron chi connectivity index (χ0n) is 16.2. The van der Waals surface area contributed by atoms with Crippen LogP contribution in [0, 0.1) is 11.3 Å². The van der Waals surface area contributed by atoms with Gasteiger partial charge < -0.3 is 25.7 Å². The number of nitrogens with one attached hydrogen (secondary N) is 2. The minimum absolute atomic E-state index is 0. The number of halogens is 1. The predicted octanol–water partition coefficient (Wildman–Crippen LogP) is 2.20. The van der Waals surface area contributed by atoms with Crippen molar-refractivity contribution in [1.82, 2.24) is 10.6 Å². The number of nitrogens with two attached hydrogens (primary N) is 1. The molecule has 1 aromatic carbocycles. The van der Waals surface area contributed by atoms with Crippen LogP contribution in [0.2, 0.25) is 0 Å². The lowest BCUT2D eigenvalue weighted by Crippen LogP contribution is -2.51. The summed E-state index contributed by atoms with van der Waals surface area (Å²) in [5.74, 6) is 0.801. The van der Waals surface area contributed by atoms with Gasteiger partial charge in [-0.25, -0.2) is 0 Å². The number of primary amides is 1. The minimum atomic E-state index is -0.589. The van der Waals surface area contributed by atoms with Crippen molar-refractivity contribution in [2.45, 2.75) is 25.4 Å². The van der Waals surface area contributed by atoms with E-state index in [9.17, 15) is 10.1 Å². The van der Waals surface area contributed by atoms with Crippen molar-refractivity contribution in [1.29, 1.82) is 5.26 Å². The van der Waals surface area contributed by atoms with Gasteiger partial charge in [-0.05, 0) is 37.1 Å². The quantitative estimate of drug-likeness (QED) is 0.324. The molecule has 1 saturated heterocycles.